The van der Waals surface area contributed by atoms with Gasteiger partial charge in [-0.3, -0.25) is 9.59 Å². The van der Waals surface area contributed by atoms with Gasteiger partial charge in [0.1, 0.15) is 0 Å². The molecule has 25 heavy (non-hydrogen) atoms. The lowest BCUT2D eigenvalue weighted by Gasteiger charge is -2.10. The SMILES string of the molecule is COc1ccc(C(=O)NCCNC(=O)c2ccc(N)cc2)cc1OC. The van der Waals surface area contributed by atoms with Crippen molar-refractivity contribution in [2.75, 3.05) is 33.0 Å². The molecule has 0 radical (unpaired) electrons. The van der Waals surface area contributed by atoms with Crippen LogP contribution in [0.15, 0.2) is 42.5 Å². The van der Waals surface area contributed by atoms with Gasteiger partial charge in [0.05, 0.1) is 14.2 Å². The zero-order valence-corrected chi connectivity index (χ0v) is 14.2. The van der Waals surface area contributed by atoms with E-state index in [0.717, 1.165) is 0 Å². The molecule has 0 bridgehead atoms. The Labute approximate surface area is 146 Å². The molecule has 0 aromatic heterocycles. The summed E-state index contributed by atoms with van der Waals surface area (Å²) in [6.45, 7) is 0.607. The predicted octanol–water partition coefficient (Wildman–Crippen LogP) is 1.45. The van der Waals surface area contributed by atoms with Gasteiger partial charge in [-0.05, 0) is 42.5 Å². The van der Waals surface area contributed by atoms with Crippen molar-refractivity contribution >= 4 is 17.5 Å². The van der Waals surface area contributed by atoms with Crippen molar-refractivity contribution in [2.24, 2.45) is 0 Å². The number of hydrogen-bond acceptors (Lipinski definition) is 5. The molecule has 7 nitrogen and oxygen atoms in total. The van der Waals surface area contributed by atoms with Gasteiger partial charge in [0.2, 0.25) is 0 Å². The number of hydrogen-bond donors (Lipinski definition) is 3. The van der Waals surface area contributed by atoms with Gasteiger partial charge < -0.3 is 25.8 Å². The van der Waals surface area contributed by atoms with Crippen LogP contribution in [0.5, 0.6) is 11.5 Å². The second-order valence-corrected chi connectivity index (χ2v) is 5.20. The fraction of sp³-hybridized carbons (Fsp3) is 0.222. The second kappa shape index (κ2) is 8.58. The second-order valence-electron chi connectivity index (χ2n) is 5.20. The van der Waals surface area contributed by atoms with Crippen LogP contribution in [-0.2, 0) is 0 Å². The maximum atomic E-state index is 12.1. The first kappa shape index (κ1) is 18.1. The number of nitrogens with two attached hydrogens (primary N) is 1. The number of rotatable bonds is 7. The molecule has 2 aromatic rings. The quantitative estimate of drug-likeness (QED) is 0.521. The van der Waals surface area contributed by atoms with E-state index < -0.39 is 0 Å². The van der Waals surface area contributed by atoms with Crippen LogP contribution >= 0.6 is 0 Å². The Morgan fingerprint density at radius 3 is 1.92 bits per heavy atom. The molecule has 0 unspecified atom stereocenters. The molecule has 0 saturated heterocycles. The molecule has 0 fully saturated rings. The van der Waals surface area contributed by atoms with Gasteiger partial charge in [0.15, 0.2) is 11.5 Å². The summed E-state index contributed by atoms with van der Waals surface area (Å²) in [4.78, 5) is 24.1. The van der Waals surface area contributed by atoms with Gasteiger partial charge in [-0.15, -0.1) is 0 Å². The number of amides is 2. The monoisotopic (exact) mass is 343 g/mol. The van der Waals surface area contributed by atoms with Gasteiger partial charge in [-0.25, -0.2) is 0 Å². The zero-order valence-electron chi connectivity index (χ0n) is 14.2. The summed E-state index contributed by atoms with van der Waals surface area (Å²) in [5, 5.41) is 5.46. The van der Waals surface area contributed by atoms with Crippen molar-refractivity contribution in [3.05, 3.63) is 53.6 Å². The Bertz CT molecular complexity index is 744. The number of ether oxygens (including phenoxy) is 2. The van der Waals surface area contributed by atoms with Gasteiger partial charge in [-0.2, -0.15) is 0 Å². The van der Waals surface area contributed by atoms with Crippen LogP contribution in [-0.4, -0.2) is 39.1 Å². The van der Waals surface area contributed by atoms with Crippen LogP contribution in [0, 0.1) is 0 Å². The molecule has 2 aromatic carbocycles. The van der Waals surface area contributed by atoms with Gasteiger partial charge in [-0.1, -0.05) is 0 Å². The number of benzene rings is 2. The fourth-order valence-electron chi connectivity index (χ4n) is 2.17. The Hall–Kier alpha value is -3.22. The molecule has 132 valence electrons. The normalized spacial score (nSPS) is 10.0. The highest BCUT2D eigenvalue weighted by molar-refractivity contribution is 5.95. The van der Waals surface area contributed by atoms with Crippen LogP contribution in [0.3, 0.4) is 0 Å². The van der Waals surface area contributed by atoms with Crippen LogP contribution < -0.4 is 25.8 Å². The molecule has 7 heteroatoms. The van der Waals surface area contributed by atoms with Crippen molar-refractivity contribution in [1.29, 1.82) is 0 Å². The van der Waals surface area contributed by atoms with Gasteiger partial charge >= 0.3 is 0 Å². The molecule has 0 spiro atoms. The summed E-state index contributed by atoms with van der Waals surface area (Å²) >= 11 is 0. The summed E-state index contributed by atoms with van der Waals surface area (Å²) in [6, 6.07) is 11.5. The molecule has 2 amide bonds. The molecule has 4 N–H and O–H groups in total. The van der Waals surface area contributed by atoms with E-state index in [9.17, 15) is 9.59 Å². The molecular weight excluding hydrogens is 322 g/mol. The average molecular weight is 343 g/mol. The summed E-state index contributed by atoms with van der Waals surface area (Å²) in [5.74, 6) is 0.546. The van der Waals surface area contributed by atoms with E-state index in [1.165, 1.54) is 14.2 Å². The number of nitrogen functional groups attached to an aromatic ring is 1. The fourth-order valence-corrected chi connectivity index (χ4v) is 2.17. The van der Waals surface area contributed by atoms with Gasteiger partial charge in [0.25, 0.3) is 11.8 Å². The minimum absolute atomic E-state index is 0.222. The molecule has 0 aliphatic heterocycles. The molecule has 0 heterocycles. The Morgan fingerprint density at radius 1 is 0.840 bits per heavy atom. The summed E-state index contributed by atoms with van der Waals surface area (Å²) in [5.41, 5.74) is 7.14. The van der Waals surface area contributed by atoms with E-state index in [1.54, 1.807) is 42.5 Å². The third kappa shape index (κ3) is 4.87. The summed E-state index contributed by atoms with van der Waals surface area (Å²) < 4.78 is 10.3. The third-order valence-corrected chi connectivity index (χ3v) is 3.51. The lowest BCUT2D eigenvalue weighted by atomic mass is 10.2. The zero-order chi connectivity index (χ0) is 18.2. The van der Waals surface area contributed by atoms with Crippen LogP contribution in [0.2, 0.25) is 0 Å². The van der Waals surface area contributed by atoms with Crippen molar-refractivity contribution in [1.82, 2.24) is 10.6 Å². The highest BCUT2D eigenvalue weighted by Crippen LogP contribution is 2.27. The average Bonchev–Trinajstić information content (AvgIpc) is 2.64. The van der Waals surface area contributed by atoms with Crippen LogP contribution in [0.1, 0.15) is 20.7 Å². The smallest absolute Gasteiger partial charge is 0.251 e. The molecule has 2 rings (SSSR count). The minimum atomic E-state index is -0.261. The molecule has 0 aliphatic rings. The standard InChI is InChI=1S/C18H21N3O4/c1-24-15-8-5-13(11-16(15)25-2)18(23)21-10-9-20-17(22)12-3-6-14(19)7-4-12/h3-8,11H,9-10,19H2,1-2H3,(H,20,22)(H,21,23). The first-order valence-corrected chi connectivity index (χ1v) is 7.69. The third-order valence-electron chi connectivity index (χ3n) is 3.51. The number of methoxy groups -OCH3 is 2. The molecule has 0 saturated carbocycles. The predicted molar refractivity (Wildman–Crippen MR) is 95.1 cm³/mol. The first-order valence-electron chi connectivity index (χ1n) is 7.69. The summed E-state index contributed by atoms with van der Waals surface area (Å²) in [6.07, 6.45) is 0. The largest absolute Gasteiger partial charge is 0.493 e. The maximum Gasteiger partial charge on any atom is 0.251 e. The summed E-state index contributed by atoms with van der Waals surface area (Å²) in [7, 11) is 3.04. The Kier molecular flexibility index (Phi) is 6.22. The minimum Gasteiger partial charge on any atom is -0.493 e. The van der Waals surface area contributed by atoms with E-state index in [2.05, 4.69) is 10.6 Å². The van der Waals surface area contributed by atoms with E-state index >= 15 is 0 Å². The Balaban J connectivity index is 1.82. The van der Waals surface area contributed by atoms with E-state index in [4.69, 9.17) is 15.2 Å². The van der Waals surface area contributed by atoms with E-state index in [-0.39, 0.29) is 11.8 Å². The van der Waals surface area contributed by atoms with E-state index in [0.29, 0.717) is 41.4 Å². The highest BCUT2D eigenvalue weighted by atomic mass is 16.5. The highest BCUT2D eigenvalue weighted by Gasteiger charge is 2.10. The lowest BCUT2D eigenvalue weighted by Crippen LogP contribution is -2.34. The van der Waals surface area contributed by atoms with Crippen LogP contribution in [0.25, 0.3) is 0 Å². The topological polar surface area (TPSA) is 103 Å². The molecule has 0 aliphatic carbocycles. The first-order chi connectivity index (χ1) is 12.0. The van der Waals surface area contributed by atoms with Crippen molar-refractivity contribution in [2.45, 2.75) is 0 Å². The molecular formula is C18H21N3O4. The number of nitrogens with one attached hydrogen (secondary N) is 2. The van der Waals surface area contributed by atoms with E-state index in [1.807, 2.05) is 0 Å². The maximum absolute atomic E-state index is 12.1. The van der Waals surface area contributed by atoms with Crippen LogP contribution in [0.4, 0.5) is 5.69 Å². The van der Waals surface area contributed by atoms with Gasteiger partial charge in [0, 0.05) is 29.9 Å². The number of anilines is 1. The number of carbonyl (C=O) groups is 2. The lowest BCUT2D eigenvalue weighted by molar-refractivity contribution is 0.0927. The number of carbonyl (C=O) groups excluding carboxylic acids is 2. The van der Waals surface area contributed by atoms with Crippen molar-refractivity contribution < 1.29 is 19.1 Å². The van der Waals surface area contributed by atoms with Crippen molar-refractivity contribution in [3.63, 3.8) is 0 Å². The van der Waals surface area contributed by atoms with Crippen molar-refractivity contribution in [3.8, 4) is 11.5 Å². The Morgan fingerprint density at radius 2 is 1.36 bits per heavy atom. The molecule has 0 atom stereocenters.